The highest BCUT2D eigenvalue weighted by atomic mass is 16.5. The molecule has 0 radical (unpaired) electrons. The van der Waals surface area contributed by atoms with Gasteiger partial charge in [0.2, 0.25) is 5.71 Å². The van der Waals surface area contributed by atoms with E-state index in [1.807, 2.05) is 38.0 Å². The molecule has 0 saturated heterocycles. The highest BCUT2D eigenvalue weighted by Gasteiger charge is 2.10. The van der Waals surface area contributed by atoms with E-state index in [4.69, 9.17) is 5.26 Å². The van der Waals surface area contributed by atoms with Gasteiger partial charge in [-0.05, 0) is 0 Å². The molecule has 6 heteroatoms. The van der Waals surface area contributed by atoms with Crippen molar-refractivity contribution in [2.45, 2.75) is 0 Å². The van der Waals surface area contributed by atoms with Crippen LogP contribution in [0.5, 0.6) is 0 Å². The minimum absolute atomic E-state index is 0.274. The van der Waals surface area contributed by atoms with Gasteiger partial charge in [-0.15, -0.1) is 0 Å². The minimum Gasteiger partial charge on any atom is -0.464 e. The summed E-state index contributed by atoms with van der Waals surface area (Å²) in [7, 11) is 8.56. The van der Waals surface area contributed by atoms with E-state index < -0.39 is 5.97 Å². The molecule has 16 heavy (non-hydrogen) atoms. The summed E-state index contributed by atoms with van der Waals surface area (Å²) in [5.41, 5.74) is -0.274. The summed E-state index contributed by atoms with van der Waals surface area (Å²) in [6.07, 6.45) is 1.44. The molecule has 0 heterocycles. The van der Waals surface area contributed by atoms with Gasteiger partial charge in [0.1, 0.15) is 11.9 Å². The number of hydrogen-bond donors (Lipinski definition) is 0. The summed E-state index contributed by atoms with van der Waals surface area (Å²) in [6.45, 7) is 0. The minimum atomic E-state index is -0.740. The third-order valence-electron chi connectivity index (χ3n) is 1.71. The molecule has 0 saturated carbocycles. The molecule has 0 spiro atoms. The van der Waals surface area contributed by atoms with Gasteiger partial charge in [0.05, 0.1) is 13.3 Å². The number of aliphatic imine (C=N–C) groups is 1. The highest BCUT2D eigenvalue weighted by Crippen LogP contribution is 2.02. The number of rotatable bonds is 4. The Morgan fingerprint density at radius 1 is 1.31 bits per heavy atom. The second kappa shape index (κ2) is 6.45. The predicted molar refractivity (Wildman–Crippen MR) is 60.5 cm³/mol. The highest BCUT2D eigenvalue weighted by molar-refractivity contribution is 6.43. The molecule has 88 valence electrons. The molecule has 6 nitrogen and oxygen atoms in total. The Balaban J connectivity index is 5.07. The summed E-state index contributed by atoms with van der Waals surface area (Å²) in [5.74, 6) is 0.0206. The number of carbonyl (C=O) groups is 1. The van der Waals surface area contributed by atoms with Crippen molar-refractivity contribution in [3.63, 3.8) is 0 Å². The molecule has 0 amide bonds. The van der Waals surface area contributed by atoms with Crippen molar-refractivity contribution >= 4 is 11.7 Å². The fraction of sp³-hybridized carbons (Fsp3) is 0.500. The van der Waals surface area contributed by atoms with E-state index in [9.17, 15) is 4.79 Å². The maximum atomic E-state index is 11.1. The second-order valence-electron chi connectivity index (χ2n) is 3.36. The third kappa shape index (κ3) is 4.00. The largest absolute Gasteiger partial charge is 0.464 e. The lowest BCUT2D eigenvalue weighted by molar-refractivity contribution is -0.132. The summed E-state index contributed by atoms with van der Waals surface area (Å²) in [4.78, 5) is 18.5. The van der Waals surface area contributed by atoms with E-state index in [0.29, 0.717) is 0 Å². The molecule has 0 rings (SSSR count). The molecule has 0 aromatic rings. The van der Waals surface area contributed by atoms with Crippen LogP contribution in [-0.4, -0.2) is 56.8 Å². The maximum absolute atomic E-state index is 11.1. The zero-order valence-electron chi connectivity index (χ0n) is 10.2. The number of nitrogens with zero attached hydrogens (tertiary/aromatic N) is 4. The predicted octanol–water partition coefficient (Wildman–Crippen LogP) is 0.0461. The van der Waals surface area contributed by atoms with Crippen molar-refractivity contribution in [1.82, 2.24) is 9.80 Å². The number of methoxy groups -OCH3 is 1. The Bertz CT molecular complexity index is 340. The zero-order chi connectivity index (χ0) is 12.7. The topological polar surface area (TPSA) is 68.9 Å². The van der Waals surface area contributed by atoms with Crippen LogP contribution in [0.1, 0.15) is 0 Å². The van der Waals surface area contributed by atoms with Crippen molar-refractivity contribution in [2.75, 3.05) is 35.3 Å². The lowest BCUT2D eigenvalue weighted by Gasteiger charge is -2.23. The number of esters is 1. The molecular formula is C10H16N4O2. The first-order valence-corrected chi connectivity index (χ1v) is 4.55. The van der Waals surface area contributed by atoms with Gasteiger partial charge in [-0.3, -0.25) is 0 Å². The molecule has 0 bridgehead atoms. The third-order valence-corrected chi connectivity index (χ3v) is 1.71. The monoisotopic (exact) mass is 224 g/mol. The van der Waals surface area contributed by atoms with Crippen molar-refractivity contribution < 1.29 is 9.53 Å². The van der Waals surface area contributed by atoms with Gasteiger partial charge in [-0.2, -0.15) is 5.26 Å². The van der Waals surface area contributed by atoms with Gasteiger partial charge in [-0.1, -0.05) is 0 Å². The molecule has 0 unspecified atom stereocenters. The lowest BCUT2D eigenvalue weighted by Crippen LogP contribution is -2.24. The van der Waals surface area contributed by atoms with E-state index in [2.05, 4.69) is 9.73 Å². The number of nitriles is 1. The van der Waals surface area contributed by atoms with Gasteiger partial charge in [0, 0.05) is 28.2 Å². The van der Waals surface area contributed by atoms with Crippen molar-refractivity contribution in [2.24, 2.45) is 4.99 Å². The van der Waals surface area contributed by atoms with Crippen LogP contribution in [0.3, 0.4) is 0 Å². The van der Waals surface area contributed by atoms with Crippen LogP contribution >= 0.6 is 0 Å². The van der Waals surface area contributed by atoms with Crippen LogP contribution < -0.4 is 0 Å². The van der Waals surface area contributed by atoms with Crippen LogP contribution in [0.4, 0.5) is 0 Å². The number of ether oxygens (including phenoxy) is 1. The first kappa shape index (κ1) is 14.0. The van der Waals surface area contributed by atoms with Gasteiger partial charge >= 0.3 is 5.97 Å². The molecular weight excluding hydrogens is 208 g/mol. The average molecular weight is 224 g/mol. The van der Waals surface area contributed by atoms with Crippen LogP contribution in [0, 0.1) is 11.3 Å². The smallest absolute Gasteiger partial charge is 0.367 e. The van der Waals surface area contributed by atoms with Crippen LogP contribution in [0.15, 0.2) is 17.0 Å². The molecule has 0 aliphatic heterocycles. The van der Waals surface area contributed by atoms with E-state index in [1.165, 1.54) is 13.3 Å². The fourth-order valence-electron chi connectivity index (χ4n) is 0.977. The molecule has 0 aliphatic carbocycles. The summed E-state index contributed by atoms with van der Waals surface area (Å²) in [5, 5.41) is 8.68. The maximum Gasteiger partial charge on any atom is 0.367 e. The SMILES string of the molecule is COC(=O)C(C#N)=NC=C(N(C)C)N(C)C. The van der Waals surface area contributed by atoms with E-state index in [-0.39, 0.29) is 5.71 Å². The quantitative estimate of drug-likeness (QED) is 0.498. The van der Waals surface area contributed by atoms with E-state index in [0.717, 1.165) is 5.82 Å². The average Bonchev–Trinajstić information content (AvgIpc) is 2.22. The summed E-state index contributed by atoms with van der Waals surface area (Å²) < 4.78 is 4.41. The van der Waals surface area contributed by atoms with E-state index in [1.54, 1.807) is 6.07 Å². The Kier molecular flexibility index (Phi) is 5.63. The molecule has 0 atom stereocenters. The Hall–Kier alpha value is -2.03. The molecule has 0 aromatic carbocycles. The van der Waals surface area contributed by atoms with Crippen LogP contribution in [0.25, 0.3) is 0 Å². The van der Waals surface area contributed by atoms with Gasteiger partial charge < -0.3 is 14.5 Å². The van der Waals surface area contributed by atoms with Gasteiger partial charge in [0.25, 0.3) is 0 Å². The first-order valence-electron chi connectivity index (χ1n) is 4.55. The van der Waals surface area contributed by atoms with Gasteiger partial charge in [0.15, 0.2) is 0 Å². The Morgan fingerprint density at radius 3 is 2.12 bits per heavy atom. The summed E-state index contributed by atoms with van der Waals surface area (Å²) in [6, 6.07) is 1.68. The molecule has 0 fully saturated rings. The second-order valence-corrected chi connectivity index (χ2v) is 3.36. The van der Waals surface area contributed by atoms with Crippen molar-refractivity contribution in [1.29, 1.82) is 5.26 Å². The van der Waals surface area contributed by atoms with Crippen molar-refractivity contribution in [3.8, 4) is 6.07 Å². The molecule has 0 aliphatic rings. The first-order chi connectivity index (χ1) is 7.43. The standard InChI is InChI=1S/C10H16N4O2/c1-13(2)9(14(3)4)7-12-8(6-11)10(15)16-5/h7H,1-5H3. The fourth-order valence-corrected chi connectivity index (χ4v) is 0.977. The Labute approximate surface area is 95.4 Å². The molecule has 0 aromatic heterocycles. The number of hydrogen-bond acceptors (Lipinski definition) is 6. The van der Waals surface area contributed by atoms with Crippen LogP contribution in [0.2, 0.25) is 0 Å². The van der Waals surface area contributed by atoms with E-state index >= 15 is 0 Å². The summed E-state index contributed by atoms with van der Waals surface area (Å²) >= 11 is 0. The van der Waals surface area contributed by atoms with Crippen molar-refractivity contribution in [3.05, 3.63) is 12.0 Å². The lowest BCUT2D eigenvalue weighted by atomic mass is 10.4. The Morgan fingerprint density at radius 2 is 1.81 bits per heavy atom. The number of carbonyl (C=O) groups excluding carboxylic acids is 1. The zero-order valence-corrected chi connectivity index (χ0v) is 10.2. The van der Waals surface area contributed by atoms with Gasteiger partial charge in [-0.25, -0.2) is 9.79 Å². The van der Waals surface area contributed by atoms with Crippen LogP contribution in [-0.2, 0) is 9.53 Å². The normalized spacial score (nSPS) is 10.1. The molecule has 0 N–H and O–H groups in total.